The fourth-order valence-electron chi connectivity index (χ4n) is 5.59. The molecule has 0 spiro atoms. The van der Waals surface area contributed by atoms with Gasteiger partial charge in [-0.15, -0.1) is 0 Å². The summed E-state index contributed by atoms with van der Waals surface area (Å²) in [6, 6.07) is 0. The Kier molecular flexibility index (Phi) is 3.12. The quantitative estimate of drug-likeness (QED) is 0.572. The van der Waals surface area contributed by atoms with Gasteiger partial charge >= 0.3 is 0 Å². The van der Waals surface area contributed by atoms with E-state index in [0.29, 0.717) is 11.8 Å². The molecule has 3 saturated carbocycles. The Bertz CT molecular complexity index is 396. The van der Waals surface area contributed by atoms with Crippen molar-refractivity contribution in [3.8, 4) is 0 Å². The third kappa shape index (κ3) is 1.44. The van der Waals surface area contributed by atoms with Gasteiger partial charge in [0.1, 0.15) is 6.29 Å². The maximum atomic E-state index is 12.0. The molecule has 19 heavy (non-hydrogen) atoms. The van der Waals surface area contributed by atoms with Gasteiger partial charge in [0, 0.05) is 18.4 Å². The molecule has 0 aromatic rings. The molecule has 0 heterocycles. The fraction of sp³-hybridized carbons (Fsp3) is 0.824. The second kappa shape index (κ2) is 4.44. The first-order valence-corrected chi connectivity index (χ1v) is 7.80. The zero-order chi connectivity index (χ0) is 13.7. The fourth-order valence-corrected chi connectivity index (χ4v) is 5.59. The van der Waals surface area contributed by atoms with E-state index in [1.54, 1.807) is 7.11 Å². The van der Waals surface area contributed by atoms with E-state index >= 15 is 0 Å². The highest BCUT2D eigenvalue weighted by Gasteiger charge is 2.69. The van der Waals surface area contributed by atoms with E-state index in [-0.39, 0.29) is 16.9 Å². The van der Waals surface area contributed by atoms with E-state index in [0.717, 1.165) is 12.8 Å². The third-order valence-electron chi connectivity index (χ3n) is 6.71. The van der Waals surface area contributed by atoms with Gasteiger partial charge < -0.3 is 9.53 Å². The SMILES string of the molecule is C=C1C2CCC(C=O)(C2OC)C1(C)C1CCCCC1. The molecule has 0 aromatic carbocycles. The first-order valence-electron chi connectivity index (χ1n) is 7.80. The molecule has 0 N–H and O–H groups in total. The van der Waals surface area contributed by atoms with E-state index in [1.807, 2.05) is 0 Å². The number of carbonyl (C=O) groups is 1. The van der Waals surface area contributed by atoms with Crippen LogP contribution in [0, 0.1) is 22.7 Å². The van der Waals surface area contributed by atoms with Gasteiger partial charge in [0.15, 0.2) is 0 Å². The van der Waals surface area contributed by atoms with Crippen LogP contribution < -0.4 is 0 Å². The lowest BCUT2D eigenvalue weighted by Gasteiger charge is -2.49. The second-order valence-electron chi connectivity index (χ2n) is 7.02. The predicted octanol–water partition coefficient (Wildman–Crippen LogP) is 3.75. The number of hydrogen-bond donors (Lipinski definition) is 0. The average molecular weight is 262 g/mol. The van der Waals surface area contributed by atoms with Crippen molar-refractivity contribution in [3.63, 3.8) is 0 Å². The van der Waals surface area contributed by atoms with Gasteiger partial charge in [0.25, 0.3) is 0 Å². The number of fused-ring (bicyclic) bond motifs is 2. The summed E-state index contributed by atoms with van der Waals surface area (Å²) >= 11 is 0. The van der Waals surface area contributed by atoms with Crippen LogP contribution in [0.1, 0.15) is 51.9 Å². The van der Waals surface area contributed by atoms with Crippen LogP contribution in [0.3, 0.4) is 0 Å². The van der Waals surface area contributed by atoms with E-state index in [4.69, 9.17) is 4.74 Å². The van der Waals surface area contributed by atoms with Gasteiger partial charge in [-0.1, -0.05) is 38.3 Å². The number of methoxy groups -OCH3 is 1. The number of hydrogen-bond acceptors (Lipinski definition) is 2. The molecule has 3 aliphatic rings. The van der Waals surface area contributed by atoms with Crippen molar-refractivity contribution in [1.29, 1.82) is 0 Å². The number of ether oxygens (including phenoxy) is 1. The van der Waals surface area contributed by atoms with Crippen molar-refractivity contribution in [2.24, 2.45) is 22.7 Å². The van der Waals surface area contributed by atoms with E-state index < -0.39 is 0 Å². The van der Waals surface area contributed by atoms with E-state index in [9.17, 15) is 4.79 Å². The molecular formula is C17H26O2. The maximum absolute atomic E-state index is 12.0. The Morgan fingerprint density at radius 3 is 2.53 bits per heavy atom. The van der Waals surface area contributed by atoms with Gasteiger partial charge in [-0.3, -0.25) is 0 Å². The minimum atomic E-state index is -0.300. The first-order chi connectivity index (χ1) is 9.11. The predicted molar refractivity (Wildman–Crippen MR) is 75.8 cm³/mol. The Labute approximate surface area is 116 Å². The molecule has 4 unspecified atom stereocenters. The van der Waals surface area contributed by atoms with Gasteiger partial charge in [-0.25, -0.2) is 0 Å². The van der Waals surface area contributed by atoms with Crippen LogP contribution in [0.4, 0.5) is 0 Å². The van der Waals surface area contributed by atoms with Gasteiger partial charge in [-0.2, -0.15) is 0 Å². The van der Waals surface area contributed by atoms with Gasteiger partial charge in [0.05, 0.1) is 11.5 Å². The summed E-state index contributed by atoms with van der Waals surface area (Å²) in [7, 11) is 1.77. The summed E-state index contributed by atoms with van der Waals surface area (Å²) < 4.78 is 5.76. The number of carbonyl (C=O) groups excluding carboxylic acids is 1. The van der Waals surface area contributed by atoms with Gasteiger partial charge in [-0.05, 0) is 31.6 Å². The first kappa shape index (κ1) is 13.4. The lowest BCUT2D eigenvalue weighted by atomic mass is 9.54. The smallest absolute Gasteiger partial charge is 0.129 e. The van der Waals surface area contributed by atoms with Crippen molar-refractivity contribution < 1.29 is 9.53 Å². The standard InChI is InChI=1S/C17H26O2/c1-12-14-9-10-17(11-18,15(14)19-3)16(12,2)13-7-5-4-6-8-13/h11,13-15H,1,4-10H2,2-3H3. The number of rotatable bonds is 3. The molecule has 3 fully saturated rings. The summed E-state index contributed by atoms with van der Waals surface area (Å²) in [6.45, 7) is 6.73. The van der Waals surface area contributed by atoms with Crippen LogP contribution in [-0.2, 0) is 9.53 Å². The van der Waals surface area contributed by atoms with Crippen molar-refractivity contribution in [3.05, 3.63) is 12.2 Å². The minimum absolute atomic E-state index is 0.0290. The lowest BCUT2D eigenvalue weighted by Crippen LogP contribution is -2.48. The molecule has 2 nitrogen and oxygen atoms in total. The molecule has 0 aromatic heterocycles. The molecule has 0 radical (unpaired) electrons. The third-order valence-corrected chi connectivity index (χ3v) is 6.71. The molecule has 4 atom stereocenters. The Balaban J connectivity index is 2.04. The molecular weight excluding hydrogens is 236 g/mol. The van der Waals surface area contributed by atoms with Crippen LogP contribution in [0.2, 0.25) is 0 Å². The summed E-state index contributed by atoms with van der Waals surface area (Å²) in [5, 5.41) is 0. The van der Waals surface area contributed by atoms with Gasteiger partial charge in [0.2, 0.25) is 0 Å². The molecule has 2 bridgehead atoms. The molecule has 106 valence electrons. The summed E-state index contributed by atoms with van der Waals surface area (Å²) in [4.78, 5) is 12.0. The Hall–Kier alpha value is -0.630. The topological polar surface area (TPSA) is 26.3 Å². The zero-order valence-corrected chi connectivity index (χ0v) is 12.3. The Morgan fingerprint density at radius 1 is 1.26 bits per heavy atom. The van der Waals surface area contributed by atoms with Crippen molar-refractivity contribution >= 4 is 6.29 Å². The van der Waals surface area contributed by atoms with Crippen LogP contribution in [0.5, 0.6) is 0 Å². The van der Waals surface area contributed by atoms with E-state index in [2.05, 4.69) is 13.5 Å². The maximum Gasteiger partial charge on any atom is 0.129 e. The highest BCUT2D eigenvalue weighted by Crippen LogP contribution is 2.70. The normalized spacial score (nSPS) is 46.7. The Morgan fingerprint density at radius 2 is 1.95 bits per heavy atom. The highest BCUT2D eigenvalue weighted by molar-refractivity contribution is 5.68. The summed E-state index contributed by atoms with van der Waals surface area (Å²) in [6.07, 6.45) is 9.87. The second-order valence-corrected chi connectivity index (χ2v) is 7.02. The van der Waals surface area contributed by atoms with E-state index in [1.165, 1.54) is 44.0 Å². The van der Waals surface area contributed by atoms with Crippen molar-refractivity contribution in [2.45, 2.75) is 58.0 Å². The molecule has 0 aliphatic heterocycles. The number of aldehydes is 1. The molecule has 0 amide bonds. The van der Waals surface area contributed by atoms with Crippen LogP contribution in [-0.4, -0.2) is 19.5 Å². The van der Waals surface area contributed by atoms with Crippen LogP contribution in [0.15, 0.2) is 12.2 Å². The highest BCUT2D eigenvalue weighted by atomic mass is 16.5. The molecule has 2 heteroatoms. The van der Waals surface area contributed by atoms with Crippen LogP contribution in [0.25, 0.3) is 0 Å². The molecule has 3 aliphatic carbocycles. The minimum Gasteiger partial charge on any atom is -0.380 e. The largest absolute Gasteiger partial charge is 0.380 e. The zero-order valence-electron chi connectivity index (χ0n) is 12.3. The molecule has 0 saturated heterocycles. The summed E-state index contributed by atoms with van der Waals surface area (Å²) in [5.74, 6) is 1.03. The van der Waals surface area contributed by atoms with Crippen molar-refractivity contribution in [1.82, 2.24) is 0 Å². The van der Waals surface area contributed by atoms with Crippen molar-refractivity contribution in [2.75, 3.05) is 7.11 Å². The van der Waals surface area contributed by atoms with Crippen LogP contribution >= 0.6 is 0 Å². The average Bonchev–Trinajstić information content (AvgIpc) is 2.92. The lowest BCUT2D eigenvalue weighted by molar-refractivity contribution is -0.132. The monoisotopic (exact) mass is 262 g/mol. The molecule has 3 rings (SSSR count). The summed E-state index contributed by atoms with van der Waals surface area (Å²) in [5.41, 5.74) is 0.981.